The van der Waals surface area contributed by atoms with Crippen LogP contribution in [0, 0.1) is 5.82 Å². The first-order chi connectivity index (χ1) is 10.7. The van der Waals surface area contributed by atoms with Gasteiger partial charge in [0.25, 0.3) is 5.91 Å². The summed E-state index contributed by atoms with van der Waals surface area (Å²) in [6, 6.07) is 6.72. The van der Waals surface area contributed by atoms with Crippen LogP contribution in [-0.2, 0) is 10.3 Å². The Morgan fingerprint density at radius 2 is 1.95 bits per heavy atom. The van der Waals surface area contributed by atoms with Crippen molar-refractivity contribution in [2.24, 2.45) is 0 Å². The maximum atomic E-state index is 14.0. The first-order valence-corrected chi connectivity index (χ1v) is 7.62. The Labute approximate surface area is 127 Å². The highest BCUT2D eigenvalue weighted by molar-refractivity contribution is 6.02. The summed E-state index contributed by atoms with van der Waals surface area (Å²) < 4.78 is 14.0. The molecule has 2 saturated carbocycles. The van der Waals surface area contributed by atoms with Crippen molar-refractivity contribution >= 4 is 5.91 Å². The second-order valence-electron chi connectivity index (χ2n) is 6.42. The zero-order valence-electron chi connectivity index (χ0n) is 11.9. The number of rotatable bonds is 3. The molecule has 4 aliphatic carbocycles. The van der Waals surface area contributed by atoms with Crippen molar-refractivity contribution in [2.75, 3.05) is 0 Å². The highest BCUT2D eigenvalue weighted by Gasteiger charge is 2.48. The Morgan fingerprint density at radius 3 is 2.73 bits per heavy atom. The monoisotopic (exact) mass is 291 g/mol. The standard InChI is InChI=1S/C19H14FNO/c20-17-4-2-1-3-16(17)19(7-8-19)21-18(22)13-6-5-12-14-9-11(14)10-15(12)13/h1-6,10H,7-9H2,(H,21,22). The fourth-order valence-corrected chi connectivity index (χ4v) is 3.56. The summed E-state index contributed by atoms with van der Waals surface area (Å²) in [6.07, 6.45) is 8.68. The maximum Gasteiger partial charge on any atom is 0.252 e. The molecule has 22 heavy (non-hydrogen) atoms. The van der Waals surface area contributed by atoms with E-state index >= 15 is 0 Å². The molecule has 0 heterocycles. The zero-order valence-corrected chi connectivity index (χ0v) is 11.9. The summed E-state index contributed by atoms with van der Waals surface area (Å²) >= 11 is 0. The average molecular weight is 291 g/mol. The topological polar surface area (TPSA) is 29.1 Å². The number of hydrogen-bond acceptors (Lipinski definition) is 1. The van der Waals surface area contributed by atoms with Gasteiger partial charge in [0.05, 0.1) is 5.54 Å². The molecule has 0 aromatic heterocycles. The zero-order chi connectivity index (χ0) is 14.9. The summed E-state index contributed by atoms with van der Waals surface area (Å²) in [5, 5.41) is 3.07. The van der Waals surface area contributed by atoms with Gasteiger partial charge in [-0.15, -0.1) is 0 Å². The minimum Gasteiger partial charge on any atom is -0.342 e. The summed E-state index contributed by atoms with van der Waals surface area (Å²) in [5.74, 6) is -0.340. The Balaban J connectivity index is 1.46. The van der Waals surface area contributed by atoms with Crippen LogP contribution >= 0.6 is 0 Å². The van der Waals surface area contributed by atoms with Gasteiger partial charge < -0.3 is 5.32 Å². The van der Waals surface area contributed by atoms with Crippen molar-refractivity contribution in [2.45, 2.75) is 24.8 Å². The summed E-state index contributed by atoms with van der Waals surface area (Å²) in [5.41, 5.74) is 5.77. The summed E-state index contributed by atoms with van der Waals surface area (Å²) in [6.45, 7) is 0. The van der Waals surface area contributed by atoms with E-state index in [4.69, 9.17) is 0 Å². The average Bonchev–Trinajstić information content (AvgIpc) is 3.37. The second-order valence-corrected chi connectivity index (χ2v) is 6.42. The van der Waals surface area contributed by atoms with Crippen molar-refractivity contribution in [3.8, 4) is 0 Å². The van der Waals surface area contributed by atoms with Crippen LogP contribution in [0.4, 0.5) is 4.39 Å². The van der Waals surface area contributed by atoms with Gasteiger partial charge in [0.15, 0.2) is 0 Å². The molecule has 2 fully saturated rings. The van der Waals surface area contributed by atoms with E-state index in [1.807, 2.05) is 18.2 Å². The molecule has 0 spiro atoms. The molecule has 108 valence electrons. The molecule has 0 radical (unpaired) electrons. The maximum absolute atomic E-state index is 14.0. The molecular weight excluding hydrogens is 277 g/mol. The quantitative estimate of drug-likeness (QED) is 0.908. The van der Waals surface area contributed by atoms with Crippen LogP contribution < -0.4 is 5.32 Å². The molecule has 0 bridgehead atoms. The number of amides is 1. The lowest BCUT2D eigenvalue weighted by atomic mass is 10.0. The van der Waals surface area contributed by atoms with Crippen molar-refractivity contribution in [3.63, 3.8) is 0 Å². The molecular formula is C19H14FNO. The van der Waals surface area contributed by atoms with Gasteiger partial charge in [-0.2, -0.15) is 0 Å². The van der Waals surface area contributed by atoms with E-state index in [9.17, 15) is 9.18 Å². The van der Waals surface area contributed by atoms with E-state index in [0.29, 0.717) is 11.1 Å². The predicted octanol–water partition coefficient (Wildman–Crippen LogP) is 3.44. The van der Waals surface area contributed by atoms with E-state index in [1.165, 1.54) is 22.8 Å². The molecule has 4 aliphatic rings. The second kappa shape index (κ2) is 3.86. The van der Waals surface area contributed by atoms with Crippen LogP contribution in [0.5, 0.6) is 0 Å². The SMILES string of the molecule is O=C(NC1(c2ccccc2F)CC1)C1=C2C=C3CC3=C2C=C1. The number of halogens is 1. The van der Waals surface area contributed by atoms with Crippen molar-refractivity contribution in [3.05, 3.63) is 81.7 Å². The minimum absolute atomic E-state index is 0.0965. The molecule has 0 saturated heterocycles. The fourth-order valence-electron chi connectivity index (χ4n) is 3.56. The van der Waals surface area contributed by atoms with Crippen molar-refractivity contribution in [1.29, 1.82) is 0 Å². The van der Waals surface area contributed by atoms with E-state index in [1.54, 1.807) is 12.1 Å². The molecule has 1 amide bonds. The van der Waals surface area contributed by atoms with Crippen molar-refractivity contribution < 1.29 is 9.18 Å². The number of carbonyl (C=O) groups is 1. The highest BCUT2D eigenvalue weighted by atomic mass is 19.1. The van der Waals surface area contributed by atoms with Crippen LogP contribution in [-0.4, -0.2) is 5.91 Å². The number of benzene rings is 1. The predicted molar refractivity (Wildman–Crippen MR) is 81.3 cm³/mol. The normalized spacial score (nSPS) is 22.5. The number of nitrogens with one attached hydrogen (secondary N) is 1. The molecule has 5 rings (SSSR count). The molecule has 1 aromatic rings. The third-order valence-electron chi connectivity index (χ3n) is 5.01. The largest absolute Gasteiger partial charge is 0.342 e. The van der Waals surface area contributed by atoms with Gasteiger partial charge in [-0.3, -0.25) is 4.79 Å². The van der Waals surface area contributed by atoms with E-state index in [2.05, 4.69) is 11.4 Å². The Kier molecular flexibility index (Phi) is 2.13. The van der Waals surface area contributed by atoms with E-state index in [0.717, 1.165) is 24.8 Å². The molecule has 1 aromatic carbocycles. The minimum atomic E-state index is -0.519. The van der Waals surface area contributed by atoms with Gasteiger partial charge >= 0.3 is 0 Å². The summed E-state index contributed by atoms with van der Waals surface area (Å²) in [4.78, 5) is 12.7. The Hall–Kier alpha value is -2.42. The van der Waals surface area contributed by atoms with Crippen LogP contribution in [0.3, 0.4) is 0 Å². The smallest absolute Gasteiger partial charge is 0.252 e. The van der Waals surface area contributed by atoms with Gasteiger partial charge in [0.1, 0.15) is 5.82 Å². The molecule has 0 atom stereocenters. The lowest BCUT2D eigenvalue weighted by molar-refractivity contribution is -0.118. The first kappa shape index (κ1) is 12.2. The third-order valence-corrected chi connectivity index (χ3v) is 5.01. The van der Waals surface area contributed by atoms with Gasteiger partial charge in [0.2, 0.25) is 0 Å². The van der Waals surface area contributed by atoms with Crippen LogP contribution in [0.15, 0.2) is 70.4 Å². The molecule has 2 nitrogen and oxygen atoms in total. The van der Waals surface area contributed by atoms with Gasteiger partial charge in [-0.05, 0) is 59.8 Å². The number of allylic oxidation sites excluding steroid dienone is 6. The Bertz CT molecular complexity index is 865. The Morgan fingerprint density at radius 1 is 1.14 bits per heavy atom. The van der Waals surface area contributed by atoms with E-state index in [-0.39, 0.29) is 11.7 Å². The van der Waals surface area contributed by atoms with Gasteiger partial charge in [-0.25, -0.2) is 4.39 Å². The van der Waals surface area contributed by atoms with Crippen LogP contribution in [0.1, 0.15) is 24.8 Å². The fraction of sp³-hybridized carbons (Fsp3) is 0.211. The lowest BCUT2D eigenvalue weighted by Crippen LogP contribution is -2.36. The van der Waals surface area contributed by atoms with Crippen LogP contribution in [0.2, 0.25) is 0 Å². The number of fused-ring (bicyclic) bond motifs is 2. The first-order valence-electron chi connectivity index (χ1n) is 7.62. The van der Waals surface area contributed by atoms with Crippen molar-refractivity contribution in [1.82, 2.24) is 5.32 Å². The van der Waals surface area contributed by atoms with Gasteiger partial charge in [0, 0.05) is 11.1 Å². The van der Waals surface area contributed by atoms with Crippen LogP contribution in [0.25, 0.3) is 0 Å². The van der Waals surface area contributed by atoms with E-state index < -0.39 is 5.54 Å². The molecule has 0 unspecified atom stereocenters. The lowest BCUT2D eigenvalue weighted by Gasteiger charge is -2.19. The highest BCUT2D eigenvalue weighted by Crippen LogP contribution is 2.52. The number of hydrogen-bond donors (Lipinski definition) is 1. The molecule has 1 N–H and O–H groups in total. The number of carbonyl (C=O) groups excluding carboxylic acids is 1. The molecule has 0 aliphatic heterocycles. The van der Waals surface area contributed by atoms with Gasteiger partial charge in [-0.1, -0.05) is 24.3 Å². The summed E-state index contributed by atoms with van der Waals surface area (Å²) in [7, 11) is 0. The third kappa shape index (κ3) is 1.56. The molecule has 3 heteroatoms.